The average Bonchev–Trinajstić information content (AvgIpc) is 2.92. The molecule has 0 unspecified atom stereocenters. The number of aromatic nitrogens is 4. The molecule has 1 aromatic carbocycles. The molecule has 19 heavy (non-hydrogen) atoms. The molecule has 0 fully saturated rings. The van der Waals surface area contributed by atoms with Gasteiger partial charge in [0, 0.05) is 0 Å². The molecular formula is C12H15N5O2. The van der Waals surface area contributed by atoms with E-state index in [1.54, 1.807) is 0 Å². The van der Waals surface area contributed by atoms with E-state index >= 15 is 0 Å². The average molecular weight is 261 g/mol. The van der Waals surface area contributed by atoms with Crippen molar-refractivity contribution in [3.63, 3.8) is 0 Å². The number of benzene rings is 1. The van der Waals surface area contributed by atoms with Gasteiger partial charge in [0.25, 0.3) is 0 Å². The molecule has 7 nitrogen and oxygen atoms in total. The molecule has 0 spiro atoms. The van der Waals surface area contributed by atoms with Gasteiger partial charge in [-0.1, -0.05) is 17.3 Å². The maximum atomic E-state index is 11.7. The van der Waals surface area contributed by atoms with Gasteiger partial charge >= 0.3 is 0 Å². The van der Waals surface area contributed by atoms with Crippen molar-refractivity contribution >= 4 is 5.91 Å². The molecule has 1 amide bonds. The Labute approximate surface area is 110 Å². The van der Waals surface area contributed by atoms with Gasteiger partial charge in [-0.05, 0) is 24.6 Å². The topological polar surface area (TPSA) is 92.8 Å². The van der Waals surface area contributed by atoms with Crippen LogP contribution >= 0.6 is 0 Å². The van der Waals surface area contributed by atoms with Crippen LogP contribution in [0.3, 0.4) is 0 Å². The summed E-state index contributed by atoms with van der Waals surface area (Å²) in [6.45, 7) is 2.83. The summed E-state index contributed by atoms with van der Waals surface area (Å²) in [4.78, 5) is 11.7. The van der Waals surface area contributed by atoms with Gasteiger partial charge in [0.05, 0.1) is 19.6 Å². The normalized spacial score (nSPS) is 10.2. The maximum absolute atomic E-state index is 11.7. The van der Waals surface area contributed by atoms with E-state index < -0.39 is 0 Å². The fourth-order valence-electron chi connectivity index (χ4n) is 1.55. The zero-order valence-electron chi connectivity index (χ0n) is 10.6. The predicted molar refractivity (Wildman–Crippen MR) is 67.3 cm³/mol. The molecule has 100 valence electrons. The number of tetrazole rings is 1. The summed E-state index contributed by atoms with van der Waals surface area (Å²) in [5.41, 5.74) is 0.925. The molecule has 1 aromatic heterocycles. The summed E-state index contributed by atoms with van der Waals surface area (Å²) >= 11 is 0. The Morgan fingerprint density at radius 1 is 1.37 bits per heavy atom. The molecule has 0 atom stereocenters. The lowest BCUT2D eigenvalue weighted by atomic mass is 10.1. The second-order valence-electron chi connectivity index (χ2n) is 3.86. The van der Waals surface area contributed by atoms with Crippen LogP contribution in [-0.2, 0) is 17.8 Å². The summed E-state index contributed by atoms with van der Waals surface area (Å²) in [6, 6.07) is 7.45. The molecule has 0 aliphatic heterocycles. The van der Waals surface area contributed by atoms with E-state index in [4.69, 9.17) is 4.74 Å². The highest BCUT2D eigenvalue weighted by molar-refractivity contribution is 5.78. The van der Waals surface area contributed by atoms with Gasteiger partial charge in [0.1, 0.15) is 5.75 Å². The van der Waals surface area contributed by atoms with E-state index in [1.807, 2.05) is 31.2 Å². The van der Waals surface area contributed by atoms with Crippen molar-refractivity contribution in [2.75, 3.05) is 6.61 Å². The molecule has 0 aliphatic rings. The summed E-state index contributed by atoms with van der Waals surface area (Å²) in [6.07, 6.45) is 0.310. The van der Waals surface area contributed by atoms with Gasteiger partial charge < -0.3 is 10.1 Å². The SMILES string of the molecule is CCOc1ccc(CC(=O)NCc2nn[nH]n2)cc1. The van der Waals surface area contributed by atoms with Crippen LogP contribution in [0.1, 0.15) is 18.3 Å². The van der Waals surface area contributed by atoms with Crippen molar-refractivity contribution in [2.24, 2.45) is 0 Å². The van der Waals surface area contributed by atoms with Gasteiger partial charge in [-0.25, -0.2) is 0 Å². The quantitative estimate of drug-likeness (QED) is 0.788. The molecule has 2 aromatic rings. The van der Waals surface area contributed by atoms with E-state index in [0.29, 0.717) is 18.9 Å². The number of H-pyrrole nitrogens is 1. The highest BCUT2D eigenvalue weighted by atomic mass is 16.5. The third kappa shape index (κ3) is 4.06. The number of carbonyl (C=O) groups is 1. The number of ether oxygens (including phenoxy) is 1. The minimum Gasteiger partial charge on any atom is -0.494 e. The van der Waals surface area contributed by atoms with E-state index in [0.717, 1.165) is 11.3 Å². The summed E-state index contributed by atoms with van der Waals surface area (Å²) in [5.74, 6) is 1.17. The first-order valence-corrected chi connectivity index (χ1v) is 5.98. The Morgan fingerprint density at radius 2 is 2.16 bits per heavy atom. The third-order valence-corrected chi connectivity index (χ3v) is 2.43. The van der Waals surface area contributed by atoms with Crippen LogP contribution in [0.15, 0.2) is 24.3 Å². The molecule has 0 saturated carbocycles. The van der Waals surface area contributed by atoms with Gasteiger partial charge in [-0.15, -0.1) is 10.2 Å². The lowest BCUT2D eigenvalue weighted by Crippen LogP contribution is -2.25. The molecule has 0 bridgehead atoms. The van der Waals surface area contributed by atoms with Crippen LogP contribution in [0.5, 0.6) is 5.75 Å². The van der Waals surface area contributed by atoms with Crippen LogP contribution in [0, 0.1) is 0 Å². The molecule has 0 aliphatic carbocycles. The van der Waals surface area contributed by atoms with Crippen molar-refractivity contribution in [3.05, 3.63) is 35.7 Å². The summed E-state index contributed by atoms with van der Waals surface area (Å²) in [5, 5.41) is 16.0. The first kappa shape index (κ1) is 13.0. The van der Waals surface area contributed by atoms with Gasteiger partial charge in [0.2, 0.25) is 5.91 Å². The predicted octanol–water partition coefficient (Wildman–Crippen LogP) is 0.457. The highest BCUT2D eigenvalue weighted by Gasteiger charge is 2.05. The van der Waals surface area contributed by atoms with E-state index in [2.05, 4.69) is 25.9 Å². The summed E-state index contributed by atoms with van der Waals surface area (Å²) in [7, 11) is 0. The molecular weight excluding hydrogens is 246 g/mol. The first-order chi connectivity index (χ1) is 9.28. The largest absolute Gasteiger partial charge is 0.494 e. The Morgan fingerprint density at radius 3 is 2.79 bits per heavy atom. The van der Waals surface area contributed by atoms with Crippen LogP contribution in [0.25, 0.3) is 0 Å². The minimum absolute atomic E-state index is 0.0889. The number of hydrogen-bond acceptors (Lipinski definition) is 5. The minimum atomic E-state index is -0.0889. The standard InChI is InChI=1S/C12H15N5O2/c1-2-19-10-5-3-9(4-6-10)7-12(18)13-8-11-14-16-17-15-11/h3-6H,2,7-8H2,1H3,(H,13,18)(H,14,15,16,17). The van der Waals surface area contributed by atoms with E-state index in [-0.39, 0.29) is 12.5 Å². The van der Waals surface area contributed by atoms with Crippen molar-refractivity contribution < 1.29 is 9.53 Å². The van der Waals surface area contributed by atoms with Gasteiger partial charge in [-0.2, -0.15) is 5.21 Å². The number of aromatic amines is 1. The van der Waals surface area contributed by atoms with Crippen LogP contribution in [-0.4, -0.2) is 33.1 Å². The van der Waals surface area contributed by atoms with E-state index in [1.165, 1.54) is 0 Å². The lowest BCUT2D eigenvalue weighted by Gasteiger charge is -2.05. The first-order valence-electron chi connectivity index (χ1n) is 5.98. The van der Waals surface area contributed by atoms with Crippen molar-refractivity contribution in [3.8, 4) is 5.75 Å². The van der Waals surface area contributed by atoms with Crippen LogP contribution in [0.2, 0.25) is 0 Å². The number of rotatable bonds is 6. The second-order valence-corrected chi connectivity index (χ2v) is 3.86. The molecule has 2 N–H and O–H groups in total. The zero-order valence-corrected chi connectivity index (χ0v) is 10.6. The Balaban J connectivity index is 1.81. The molecule has 0 radical (unpaired) electrons. The third-order valence-electron chi connectivity index (χ3n) is 2.43. The van der Waals surface area contributed by atoms with Crippen molar-refractivity contribution in [1.29, 1.82) is 0 Å². The zero-order chi connectivity index (χ0) is 13.5. The number of amides is 1. The monoisotopic (exact) mass is 261 g/mol. The number of nitrogens with zero attached hydrogens (tertiary/aromatic N) is 3. The van der Waals surface area contributed by atoms with Gasteiger partial charge in [0.15, 0.2) is 5.82 Å². The number of carbonyl (C=O) groups excluding carboxylic acids is 1. The highest BCUT2D eigenvalue weighted by Crippen LogP contribution is 2.12. The number of hydrogen-bond donors (Lipinski definition) is 2. The second kappa shape index (κ2) is 6.48. The van der Waals surface area contributed by atoms with Crippen molar-refractivity contribution in [2.45, 2.75) is 19.9 Å². The van der Waals surface area contributed by atoms with E-state index in [9.17, 15) is 4.79 Å². The van der Waals surface area contributed by atoms with Crippen LogP contribution < -0.4 is 10.1 Å². The fourth-order valence-corrected chi connectivity index (χ4v) is 1.55. The maximum Gasteiger partial charge on any atom is 0.224 e. The van der Waals surface area contributed by atoms with Gasteiger partial charge in [-0.3, -0.25) is 4.79 Å². The smallest absolute Gasteiger partial charge is 0.224 e. The molecule has 7 heteroatoms. The molecule has 2 rings (SSSR count). The van der Waals surface area contributed by atoms with Crippen LogP contribution in [0.4, 0.5) is 0 Å². The number of nitrogens with one attached hydrogen (secondary N) is 2. The Kier molecular flexibility index (Phi) is 4.44. The fraction of sp³-hybridized carbons (Fsp3) is 0.333. The van der Waals surface area contributed by atoms with Crippen molar-refractivity contribution in [1.82, 2.24) is 25.9 Å². The summed E-state index contributed by atoms with van der Waals surface area (Å²) < 4.78 is 5.33. The lowest BCUT2D eigenvalue weighted by molar-refractivity contribution is -0.120. The Hall–Kier alpha value is -2.44. The Bertz CT molecular complexity index is 509. The molecule has 1 heterocycles. The molecule has 0 saturated heterocycles.